The van der Waals surface area contributed by atoms with E-state index in [0.717, 1.165) is 5.82 Å². The van der Waals surface area contributed by atoms with Crippen LogP contribution in [0.3, 0.4) is 0 Å². The van der Waals surface area contributed by atoms with Gasteiger partial charge in [0.2, 0.25) is 0 Å². The van der Waals surface area contributed by atoms with Crippen LogP contribution >= 0.6 is 0 Å². The standard InChI is InChI=1S/C7H11N3/c1-6(2)10-7(8-3)4-5-9-10/h4-6H,3H2,1-2H3. The number of hydrogen-bond acceptors (Lipinski definition) is 2. The van der Waals surface area contributed by atoms with E-state index in [9.17, 15) is 0 Å². The largest absolute Gasteiger partial charge is 0.245 e. The summed E-state index contributed by atoms with van der Waals surface area (Å²) in [5.74, 6) is 0.829. The van der Waals surface area contributed by atoms with Gasteiger partial charge >= 0.3 is 0 Å². The van der Waals surface area contributed by atoms with Gasteiger partial charge in [-0.1, -0.05) is 0 Å². The lowest BCUT2D eigenvalue weighted by Gasteiger charge is -2.05. The smallest absolute Gasteiger partial charge is 0.149 e. The van der Waals surface area contributed by atoms with E-state index in [0.29, 0.717) is 6.04 Å². The Morgan fingerprint density at radius 2 is 2.40 bits per heavy atom. The topological polar surface area (TPSA) is 30.2 Å². The Bertz CT molecular complexity index is 225. The van der Waals surface area contributed by atoms with E-state index >= 15 is 0 Å². The number of aliphatic imine (C=N–C) groups is 1. The summed E-state index contributed by atoms with van der Waals surface area (Å²) in [6.07, 6.45) is 1.73. The first-order valence-corrected chi connectivity index (χ1v) is 3.26. The highest BCUT2D eigenvalue weighted by Crippen LogP contribution is 2.14. The molecule has 1 aromatic heterocycles. The van der Waals surface area contributed by atoms with Crippen molar-refractivity contribution in [3.63, 3.8) is 0 Å². The Hall–Kier alpha value is -1.12. The Balaban J connectivity index is 3.01. The second-order valence-electron chi connectivity index (χ2n) is 2.39. The summed E-state index contributed by atoms with van der Waals surface area (Å²) >= 11 is 0. The molecule has 0 amide bonds. The van der Waals surface area contributed by atoms with Gasteiger partial charge in [-0.2, -0.15) is 5.10 Å². The van der Waals surface area contributed by atoms with Gasteiger partial charge in [0.25, 0.3) is 0 Å². The van der Waals surface area contributed by atoms with Gasteiger partial charge < -0.3 is 0 Å². The summed E-state index contributed by atoms with van der Waals surface area (Å²) in [7, 11) is 0. The van der Waals surface area contributed by atoms with Gasteiger partial charge in [-0.15, -0.1) is 0 Å². The van der Waals surface area contributed by atoms with Crippen molar-refractivity contribution in [2.45, 2.75) is 19.9 Å². The van der Waals surface area contributed by atoms with Crippen LogP contribution in [0.15, 0.2) is 17.3 Å². The first-order valence-electron chi connectivity index (χ1n) is 3.26. The van der Waals surface area contributed by atoms with Gasteiger partial charge in [0, 0.05) is 12.1 Å². The molecule has 1 heterocycles. The summed E-state index contributed by atoms with van der Waals surface area (Å²) in [5, 5.41) is 4.07. The molecule has 0 saturated carbocycles. The van der Waals surface area contributed by atoms with Crippen LogP contribution in [-0.4, -0.2) is 16.5 Å². The highest BCUT2D eigenvalue weighted by Gasteiger charge is 2.01. The lowest BCUT2D eigenvalue weighted by atomic mass is 10.4. The Morgan fingerprint density at radius 1 is 1.70 bits per heavy atom. The van der Waals surface area contributed by atoms with Crippen LogP contribution in [0.4, 0.5) is 5.82 Å². The fourth-order valence-electron chi connectivity index (χ4n) is 0.830. The normalized spacial score (nSPS) is 10.3. The summed E-state index contributed by atoms with van der Waals surface area (Å²) in [5.41, 5.74) is 0. The van der Waals surface area contributed by atoms with Gasteiger partial charge in [-0.3, -0.25) is 0 Å². The van der Waals surface area contributed by atoms with Crippen molar-refractivity contribution in [3.05, 3.63) is 12.3 Å². The van der Waals surface area contributed by atoms with Crippen molar-refractivity contribution in [3.8, 4) is 0 Å². The molecule has 0 atom stereocenters. The molecule has 0 aliphatic carbocycles. The molecule has 0 spiro atoms. The quantitative estimate of drug-likeness (QED) is 0.571. The molecule has 3 nitrogen and oxygen atoms in total. The molecule has 0 aliphatic rings. The Kier molecular flexibility index (Phi) is 1.85. The summed E-state index contributed by atoms with van der Waals surface area (Å²) in [4.78, 5) is 3.80. The maximum Gasteiger partial charge on any atom is 0.149 e. The number of rotatable bonds is 2. The van der Waals surface area contributed by atoms with Crippen LogP contribution in [0, 0.1) is 0 Å². The van der Waals surface area contributed by atoms with Crippen molar-refractivity contribution < 1.29 is 0 Å². The third-order valence-corrected chi connectivity index (χ3v) is 1.30. The van der Waals surface area contributed by atoms with E-state index in [4.69, 9.17) is 0 Å². The zero-order chi connectivity index (χ0) is 7.56. The predicted octanol–water partition coefficient (Wildman–Crippen LogP) is 1.80. The molecule has 0 saturated heterocycles. The average Bonchev–Trinajstić information content (AvgIpc) is 2.33. The maximum atomic E-state index is 4.07. The van der Waals surface area contributed by atoms with Gasteiger partial charge in [0.15, 0.2) is 0 Å². The minimum atomic E-state index is 0.357. The number of hydrogen-bond donors (Lipinski definition) is 0. The number of aromatic nitrogens is 2. The molecule has 10 heavy (non-hydrogen) atoms. The minimum absolute atomic E-state index is 0.357. The van der Waals surface area contributed by atoms with E-state index < -0.39 is 0 Å². The van der Waals surface area contributed by atoms with E-state index in [1.54, 1.807) is 6.20 Å². The van der Waals surface area contributed by atoms with Crippen LogP contribution in [0.1, 0.15) is 19.9 Å². The molecule has 0 unspecified atom stereocenters. The molecule has 0 N–H and O–H groups in total. The van der Waals surface area contributed by atoms with Gasteiger partial charge in [-0.05, 0) is 20.6 Å². The van der Waals surface area contributed by atoms with Crippen LogP contribution in [0.25, 0.3) is 0 Å². The molecule has 0 aliphatic heterocycles. The van der Waals surface area contributed by atoms with E-state index in [1.807, 2.05) is 10.7 Å². The summed E-state index contributed by atoms with van der Waals surface area (Å²) < 4.78 is 1.83. The molecular formula is C7H11N3. The molecule has 1 rings (SSSR count). The van der Waals surface area contributed by atoms with Crippen molar-refractivity contribution in [2.75, 3.05) is 0 Å². The highest BCUT2D eigenvalue weighted by molar-refractivity contribution is 5.39. The average molecular weight is 137 g/mol. The van der Waals surface area contributed by atoms with Crippen molar-refractivity contribution >= 4 is 12.5 Å². The lowest BCUT2D eigenvalue weighted by Crippen LogP contribution is -2.01. The third kappa shape index (κ3) is 1.07. The zero-order valence-corrected chi connectivity index (χ0v) is 6.28. The van der Waals surface area contributed by atoms with Crippen molar-refractivity contribution in [2.24, 2.45) is 4.99 Å². The fourth-order valence-corrected chi connectivity index (χ4v) is 0.830. The molecule has 54 valence electrons. The number of nitrogens with zero attached hydrogens (tertiary/aromatic N) is 3. The summed E-state index contributed by atoms with van der Waals surface area (Å²) in [6, 6.07) is 2.20. The van der Waals surface area contributed by atoms with Gasteiger partial charge in [0.05, 0.1) is 6.20 Å². The Labute approximate surface area is 60.4 Å². The predicted molar refractivity (Wildman–Crippen MR) is 41.8 cm³/mol. The maximum absolute atomic E-state index is 4.07. The molecule has 0 radical (unpaired) electrons. The third-order valence-electron chi connectivity index (χ3n) is 1.30. The monoisotopic (exact) mass is 137 g/mol. The van der Waals surface area contributed by atoms with Crippen LogP contribution in [0.2, 0.25) is 0 Å². The molecule has 0 bridgehead atoms. The van der Waals surface area contributed by atoms with E-state index in [-0.39, 0.29) is 0 Å². The second kappa shape index (κ2) is 2.64. The van der Waals surface area contributed by atoms with Gasteiger partial charge in [-0.25, -0.2) is 9.67 Å². The molecule has 3 heteroatoms. The Morgan fingerprint density at radius 3 is 2.80 bits per heavy atom. The molecule has 1 aromatic rings. The summed E-state index contributed by atoms with van der Waals surface area (Å²) in [6.45, 7) is 7.55. The molecule has 0 fully saturated rings. The van der Waals surface area contributed by atoms with E-state index in [2.05, 4.69) is 30.7 Å². The van der Waals surface area contributed by atoms with Gasteiger partial charge in [0.1, 0.15) is 5.82 Å². The van der Waals surface area contributed by atoms with Crippen LogP contribution in [0.5, 0.6) is 0 Å². The molecular weight excluding hydrogens is 126 g/mol. The fraction of sp³-hybridized carbons (Fsp3) is 0.429. The highest BCUT2D eigenvalue weighted by atomic mass is 15.3. The first-order chi connectivity index (χ1) is 4.75. The first kappa shape index (κ1) is 6.99. The zero-order valence-electron chi connectivity index (χ0n) is 6.28. The van der Waals surface area contributed by atoms with Crippen LogP contribution in [-0.2, 0) is 0 Å². The minimum Gasteiger partial charge on any atom is -0.245 e. The second-order valence-corrected chi connectivity index (χ2v) is 2.39. The lowest BCUT2D eigenvalue weighted by molar-refractivity contribution is 0.537. The van der Waals surface area contributed by atoms with Crippen molar-refractivity contribution in [1.82, 2.24) is 9.78 Å². The van der Waals surface area contributed by atoms with E-state index in [1.165, 1.54) is 0 Å². The molecule has 0 aromatic carbocycles. The van der Waals surface area contributed by atoms with Crippen molar-refractivity contribution in [1.29, 1.82) is 0 Å². The SMILES string of the molecule is C=Nc1ccnn1C(C)C. The van der Waals surface area contributed by atoms with Crippen LogP contribution < -0.4 is 0 Å².